The van der Waals surface area contributed by atoms with Crippen molar-refractivity contribution >= 4 is 21.6 Å². The van der Waals surface area contributed by atoms with Crippen LogP contribution >= 0.6 is 0 Å². The van der Waals surface area contributed by atoms with Crippen LogP contribution in [0.25, 0.3) is 0 Å². The van der Waals surface area contributed by atoms with Gasteiger partial charge in [0.25, 0.3) is 0 Å². The highest BCUT2D eigenvalue weighted by molar-refractivity contribution is 7.89. The van der Waals surface area contributed by atoms with Gasteiger partial charge in [-0.15, -0.1) is 0 Å². The Morgan fingerprint density at radius 1 is 1.43 bits per heavy atom. The molecule has 0 radical (unpaired) electrons. The summed E-state index contributed by atoms with van der Waals surface area (Å²) >= 11 is 0. The number of benzene rings is 1. The topological polar surface area (TPSA) is 75.7 Å². The van der Waals surface area contributed by atoms with Gasteiger partial charge in [0.1, 0.15) is 11.9 Å². The smallest absolute Gasteiger partial charge is 0.240 e. The number of carbonyl (C=O) groups excluding carboxylic acids is 1. The van der Waals surface area contributed by atoms with Crippen LogP contribution in [0.2, 0.25) is 0 Å². The molecule has 0 saturated carbocycles. The summed E-state index contributed by atoms with van der Waals surface area (Å²) in [5.41, 5.74) is 0.513. The lowest BCUT2D eigenvalue weighted by Gasteiger charge is -2.33. The van der Waals surface area contributed by atoms with Crippen molar-refractivity contribution in [2.24, 2.45) is 0 Å². The number of amides is 1. The van der Waals surface area contributed by atoms with Crippen molar-refractivity contribution in [3.8, 4) is 5.75 Å². The SMILES string of the molecule is CCNS(=O)(=O)c1ccc2c(c1)N(C(=O)CC)CC(C)O2. The first-order valence-electron chi connectivity index (χ1n) is 6.99. The van der Waals surface area contributed by atoms with Gasteiger partial charge in [-0.2, -0.15) is 0 Å². The molecule has 1 amide bonds. The number of sulfonamides is 1. The van der Waals surface area contributed by atoms with E-state index in [0.29, 0.717) is 30.9 Å². The minimum absolute atomic E-state index is 0.0515. The molecule has 21 heavy (non-hydrogen) atoms. The molecule has 0 spiro atoms. The number of carbonyl (C=O) groups is 1. The molecule has 7 heteroatoms. The molecule has 1 aromatic carbocycles. The molecule has 2 rings (SSSR count). The Balaban J connectivity index is 2.48. The highest BCUT2D eigenvalue weighted by atomic mass is 32.2. The number of rotatable bonds is 4. The van der Waals surface area contributed by atoms with Crippen LogP contribution in [0.3, 0.4) is 0 Å². The minimum atomic E-state index is -3.56. The van der Waals surface area contributed by atoms with Gasteiger partial charge in [0.2, 0.25) is 15.9 Å². The van der Waals surface area contributed by atoms with Crippen LogP contribution in [0.15, 0.2) is 23.1 Å². The second-order valence-electron chi connectivity index (χ2n) is 4.92. The predicted molar refractivity (Wildman–Crippen MR) is 80.0 cm³/mol. The molecule has 1 atom stereocenters. The Labute approximate surface area is 125 Å². The fraction of sp³-hybridized carbons (Fsp3) is 0.500. The van der Waals surface area contributed by atoms with Gasteiger partial charge >= 0.3 is 0 Å². The number of nitrogens with zero attached hydrogens (tertiary/aromatic N) is 1. The molecular formula is C14H20N2O4S. The van der Waals surface area contributed by atoms with Crippen molar-refractivity contribution in [2.75, 3.05) is 18.0 Å². The van der Waals surface area contributed by atoms with Gasteiger partial charge < -0.3 is 9.64 Å². The molecule has 1 N–H and O–H groups in total. The van der Waals surface area contributed by atoms with Gasteiger partial charge in [-0.05, 0) is 25.1 Å². The molecule has 1 aliphatic heterocycles. The van der Waals surface area contributed by atoms with Crippen LogP contribution in [0.4, 0.5) is 5.69 Å². The van der Waals surface area contributed by atoms with Crippen molar-refractivity contribution in [1.82, 2.24) is 4.72 Å². The third-order valence-electron chi connectivity index (χ3n) is 3.24. The third-order valence-corrected chi connectivity index (χ3v) is 4.78. The highest BCUT2D eigenvalue weighted by Gasteiger charge is 2.28. The van der Waals surface area contributed by atoms with Crippen LogP contribution in [0.1, 0.15) is 27.2 Å². The van der Waals surface area contributed by atoms with Crippen LogP contribution in [0, 0.1) is 0 Å². The van der Waals surface area contributed by atoms with Crippen LogP contribution in [-0.4, -0.2) is 33.5 Å². The summed E-state index contributed by atoms with van der Waals surface area (Å²) in [7, 11) is -3.56. The van der Waals surface area contributed by atoms with Crippen molar-refractivity contribution in [3.63, 3.8) is 0 Å². The average molecular weight is 312 g/mol. The van der Waals surface area contributed by atoms with Gasteiger partial charge in [-0.25, -0.2) is 13.1 Å². The fourth-order valence-corrected chi connectivity index (χ4v) is 3.35. The number of nitrogens with one attached hydrogen (secondary N) is 1. The van der Waals surface area contributed by atoms with E-state index in [1.807, 2.05) is 6.92 Å². The van der Waals surface area contributed by atoms with Gasteiger partial charge in [-0.1, -0.05) is 13.8 Å². The van der Waals surface area contributed by atoms with E-state index < -0.39 is 10.0 Å². The van der Waals surface area contributed by atoms with Gasteiger partial charge in [0.05, 0.1) is 17.1 Å². The van der Waals surface area contributed by atoms with Crippen LogP contribution in [0.5, 0.6) is 5.75 Å². The first kappa shape index (κ1) is 15.8. The zero-order valence-electron chi connectivity index (χ0n) is 12.4. The Bertz CT molecular complexity index is 642. The number of fused-ring (bicyclic) bond motifs is 1. The molecule has 0 bridgehead atoms. The second-order valence-corrected chi connectivity index (χ2v) is 6.68. The molecule has 1 heterocycles. The molecule has 6 nitrogen and oxygen atoms in total. The highest BCUT2D eigenvalue weighted by Crippen LogP contribution is 2.35. The van der Waals surface area contributed by atoms with E-state index in [1.165, 1.54) is 12.1 Å². The molecule has 0 saturated heterocycles. The maximum Gasteiger partial charge on any atom is 0.240 e. The molecule has 1 aliphatic rings. The molecule has 1 unspecified atom stereocenters. The molecule has 0 aromatic heterocycles. The Morgan fingerprint density at radius 3 is 2.76 bits per heavy atom. The third kappa shape index (κ3) is 3.19. The molecule has 0 aliphatic carbocycles. The van der Waals surface area contributed by atoms with Crippen molar-refractivity contribution in [1.29, 1.82) is 0 Å². The maximum absolute atomic E-state index is 12.1. The van der Waals surface area contributed by atoms with Crippen molar-refractivity contribution in [2.45, 2.75) is 38.2 Å². The lowest BCUT2D eigenvalue weighted by atomic mass is 10.2. The molecule has 116 valence electrons. The Kier molecular flexibility index (Phi) is 4.53. The van der Waals surface area contributed by atoms with E-state index in [0.717, 1.165) is 0 Å². The zero-order valence-corrected chi connectivity index (χ0v) is 13.2. The normalized spacial score (nSPS) is 18.0. The van der Waals surface area contributed by atoms with Crippen LogP contribution in [-0.2, 0) is 14.8 Å². The Hall–Kier alpha value is -1.60. The van der Waals surface area contributed by atoms with E-state index in [-0.39, 0.29) is 16.9 Å². The fourth-order valence-electron chi connectivity index (χ4n) is 2.28. The van der Waals surface area contributed by atoms with E-state index in [4.69, 9.17) is 4.74 Å². The first-order chi connectivity index (χ1) is 9.89. The summed E-state index contributed by atoms with van der Waals surface area (Å²) in [6.07, 6.45) is 0.236. The number of anilines is 1. The number of ether oxygens (including phenoxy) is 1. The average Bonchev–Trinajstić information content (AvgIpc) is 2.44. The van der Waals surface area contributed by atoms with Crippen LogP contribution < -0.4 is 14.4 Å². The monoisotopic (exact) mass is 312 g/mol. The molecule has 0 fully saturated rings. The molecular weight excluding hydrogens is 292 g/mol. The van der Waals surface area contributed by atoms with E-state index >= 15 is 0 Å². The summed E-state index contributed by atoms with van der Waals surface area (Å²) < 4.78 is 32.3. The summed E-state index contributed by atoms with van der Waals surface area (Å²) in [5, 5.41) is 0. The van der Waals surface area contributed by atoms with Gasteiger partial charge in [-0.3, -0.25) is 4.79 Å². The van der Waals surface area contributed by atoms with Crippen molar-refractivity contribution in [3.05, 3.63) is 18.2 Å². The van der Waals surface area contributed by atoms with E-state index in [9.17, 15) is 13.2 Å². The lowest BCUT2D eigenvalue weighted by molar-refractivity contribution is -0.118. The number of hydrogen-bond acceptors (Lipinski definition) is 4. The van der Waals surface area contributed by atoms with Gasteiger partial charge in [0, 0.05) is 13.0 Å². The van der Waals surface area contributed by atoms with Crippen molar-refractivity contribution < 1.29 is 17.9 Å². The summed E-state index contributed by atoms with van der Waals surface area (Å²) in [6, 6.07) is 4.58. The quantitative estimate of drug-likeness (QED) is 0.914. The number of hydrogen-bond donors (Lipinski definition) is 1. The second kappa shape index (κ2) is 6.03. The Morgan fingerprint density at radius 2 is 2.14 bits per heavy atom. The standard InChI is InChI=1S/C14H20N2O4S/c1-4-14(17)16-9-10(3)20-13-7-6-11(8-12(13)16)21(18,19)15-5-2/h6-8,10,15H,4-5,9H2,1-3H3. The minimum Gasteiger partial charge on any atom is -0.487 e. The summed E-state index contributed by atoms with van der Waals surface area (Å²) in [4.78, 5) is 13.8. The lowest BCUT2D eigenvalue weighted by Crippen LogP contribution is -2.42. The zero-order chi connectivity index (χ0) is 15.6. The predicted octanol–water partition coefficient (Wildman–Crippen LogP) is 1.51. The first-order valence-corrected chi connectivity index (χ1v) is 8.48. The largest absolute Gasteiger partial charge is 0.487 e. The van der Waals surface area contributed by atoms with E-state index in [1.54, 1.807) is 24.8 Å². The van der Waals surface area contributed by atoms with E-state index in [2.05, 4.69) is 4.72 Å². The maximum atomic E-state index is 12.1. The summed E-state index contributed by atoms with van der Waals surface area (Å²) in [5.74, 6) is 0.482. The van der Waals surface area contributed by atoms with Gasteiger partial charge in [0.15, 0.2) is 0 Å². The summed E-state index contributed by atoms with van der Waals surface area (Å²) in [6.45, 7) is 6.10. The molecule has 1 aromatic rings.